The normalized spacial score (nSPS) is 16.5. The van der Waals surface area contributed by atoms with Gasteiger partial charge in [-0.15, -0.1) is 0 Å². The Balaban J connectivity index is 1.52. The topological polar surface area (TPSA) is 80.2 Å². The van der Waals surface area contributed by atoms with Crippen molar-refractivity contribution >= 4 is 34.4 Å². The van der Waals surface area contributed by atoms with Crippen molar-refractivity contribution in [3.8, 4) is 11.5 Å². The average Bonchev–Trinajstić information content (AvgIpc) is 2.92. The minimum absolute atomic E-state index is 0.0393. The molecule has 0 spiro atoms. The number of rotatable bonds is 9. The van der Waals surface area contributed by atoms with E-state index in [9.17, 15) is 14.0 Å². The van der Waals surface area contributed by atoms with Crippen molar-refractivity contribution in [2.24, 2.45) is 4.99 Å². The van der Waals surface area contributed by atoms with Gasteiger partial charge in [0.15, 0.2) is 16.7 Å². The summed E-state index contributed by atoms with van der Waals surface area (Å²) in [4.78, 5) is 32.4. The van der Waals surface area contributed by atoms with Gasteiger partial charge in [-0.25, -0.2) is 9.38 Å². The molecule has 1 unspecified atom stereocenters. The number of hydrogen-bond donors (Lipinski definition) is 1. The lowest BCUT2D eigenvalue weighted by Crippen LogP contribution is -2.46. The number of amidine groups is 1. The third-order valence-corrected chi connectivity index (χ3v) is 7.02. The summed E-state index contributed by atoms with van der Waals surface area (Å²) >= 11 is 1.23. The van der Waals surface area contributed by atoms with Gasteiger partial charge in [-0.2, -0.15) is 0 Å². The molecule has 1 heterocycles. The lowest BCUT2D eigenvalue weighted by atomic mass is 10.1. The molecule has 192 valence electrons. The van der Waals surface area contributed by atoms with Gasteiger partial charge in [-0.1, -0.05) is 48.2 Å². The van der Waals surface area contributed by atoms with Gasteiger partial charge in [-0.3, -0.25) is 14.5 Å². The van der Waals surface area contributed by atoms with Crippen LogP contribution in [0.4, 0.5) is 10.1 Å². The quantitative estimate of drug-likeness (QED) is 0.441. The molecule has 0 aromatic heterocycles. The van der Waals surface area contributed by atoms with Crippen molar-refractivity contribution in [2.75, 3.05) is 20.8 Å². The van der Waals surface area contributed by atoms with Gasteiger partial charge >= 0.3 is 0 Å². The van der Waals surface area contributed by atoms with Crippen LogP contribution >= 0.6 is 11.8 Å². The summed E-state index contributed by atoms with van der Waals surface area (Å²) < 4.78 is 24.1. The first-order chi connectivity index (χ1) is 18.0. The molecule has 37 heavy (non-hydrogen) atoms. The van der Waals surface area contributed by atoms with Crippen molar-refractivity contribution < 1.29 is 23.5 Å². The number of halogens is 1. The molecule has 0 aliphatic carbocycles. The number of thioether (sulfide) groups is 1. The molecular weight excluding hydrogens is 493 g/mol. The summed E-state index contributed by atoms with van der Waals surface area (Å²) in [5.41, 5.74) is 2.41. The molecule has 0 radical (unpaired) electrons. The smallest absolute Gasteiger partial charge is 0.234 e. The van der Waals surface area contributed by atoms with E-state index in [4.69, 9.17) is 9.47 Å². The second-order valence-electron chi connectivity index (χ2n) is 8.38. The van der Waals surface area contributed by atoms with E-state index in [-0.39, 0.29) is 30.6 Å². The van der Waals surface area contributed by atoms with Crippen LogP contribution in [0, 0.1) is 5.82 Å². The average molecular weight is 522 g/mol. The van der Waals surface area contributed by atoms with Crippen LogP contribution in [0.2, 0.25) is 0 Å². The summed E-state index contributed by atoms with van der Waals surface area (Å²) in [6.45, 7) is 0.697. The lowest BCUT2D eigenvalue weighted by molar-refractivity contribution is -0.130. The predicted octanol–water partition coefficient (Wildman–Crippen LogP) is 4.72. The Morgan fingerprint density at radius 3 is 2.46 bits per heavy atom. The number of nitrogens with zero attached hydrogens (tertiary/aromatic N) is 2. The third-order valence-electron chi connectivity index (χ3n) is 5.83. The maximum atomic E-state index is 13.4. The highest BCUT2D eigenvalue weighted by Gasteiger charge is 2.36. The fraction of sp³-hybridized carbons (Fsp3) is 0.250. The standard InChI is InChI=1S/C28H28FN3O4S/c1-35-23-13-8-20(16-24(23)36-2)18-32-26(33)17-25(27(34)30-15-14-19-6-4-3-5-7-19)37-28(32)31-22-11-9-21(29)10-12-22/h3-13,16,25H,14-15,17-18H2,1-2H3,(H,30,34). The van der Waals surface area contributed by atoms with Gasteiger partial charge in [0.1, 0.15) is 5.82 Å². The Kier molecular flexibility index (Phi) is 8.79. The molecule has 3 aromatic rings. The number of ether oxygens (including phenoxy) is 2. The second kappa shape index (κ2) is 12.4. The first-order valence-corrected chi connectivity index (χ1v) is 12.7. The zero-order valence-electron chi connectivity index (χ0n) is 20.6. The number of methoxy groups -OCH3 is 2. The number of carbonyl (C=O) groups is 2. The molecule has 9 heteroatoms. The maximum absolute atomic E-state index is 13.4. The number of aliphatic imine (C=N–C) groups is 1. The number of carbonyl (C=O) groups excluding carboxylic acids is 2. The van der Waals surface area contributed by atoms with Crippen LogP contribution in [0.3, 0.4) is 0 Å². The van der Waals surface area contributed by atoms with Crippen molar-refractivity contribution in [1.29, 1.82) is 0 Å². The summed E-state index contributed by atoms with van der Waals surface area (Å²) in [7, 11) is 3.10. The first-order valence-electron chi connectivity index (χ1n) is 11.8. The van der Waals surface area contributed by atoms with Crippen LogP contribution in [-0.2, 0) is 22.6 Å². The molecule has 1 aliphatic heterocycles. The van der Waals surface area contributed by atoms with Gasteiger partial charge < -0.3 is 14.8 Å². The number of benzene rings is 3. The summed E-state index contributed by atoms with van der Waals surface area (Å²) in [6.07, 6.45) is 0.734. The summed E-state index contributed by atoms with van der Waals surface area (Å²) in [6, 6.07) is 21.0. The highest BCUT2D eigenvalue weighted by molar-refractivity contribution is 8.15. The molecule has 0 saturated carbocycles. The van der Waals surface area contributed by atoms with Gasteiger partial charge in [-0.05, 0) is 53.9 Å². The Morgan fingerprint density at radius 1 is 1.03 bits per heavy atom. The van der Waals surface area contributed by atoms with E-state index in [2.05, 4.69) is 10.3 Å². The molecule has 3 aromatic carbocycles. The molecule has 7 nitrogen and oxygen atoms in total. The van der Waals surface area contributed by atoms with Crippen LogP contribution in [0.15, 0.2) is 77.8 Å². The van der Waals surface area contributed by atoms with E-state index in [1.165, 1.54) is 36.0 Å². The molecule has 0 bridgehead atoms. The molecule has 1 aliphatic rings. The van der Waals surface area contributed by atoms with Crippen LogP contribution < -0.4 is 14.8 Å². The van der Waals surface area contributed by atoms with Crippen molar-refractivity contribution in [3.63, 3.8) is 0 Å². The van der Waals surface area contributed by atoms with Crippen molar-refractivity contribution in [1.82, 2.24) is 10.2 Å². The third kappa shape index (κ3) is 6.89. The number of hydrogen-bond acceptors (Lipinski definition) is 6. The van der Waals surface area contributed by atoms with Crippen LogP contribution in [0.25, 0.3) is 0 Å². The second-order valence-corrected chi connectivity index (χ2v) is 9.55. The summed E-state index contributed by atoms with van der Waals surface area (Å²) in [5, 5.41) is 2.69. The van der Waals surface area contributed by atoms with E-state index in [0.29, 0.717) is 35.3 Å². The predicted molar refractivity (Wildman–Crippen MR) is 143 cm³/mol. The van der Waals surface area contributed by atoms with Crippen molar-refractivity contribution in [3.05, 3.63) is 89.7 Å². The molecule has 2 amide bonds. The van der Waals surface area contributed by atoms with E-state index >= 15 is 0 Å². The van der Waals surface area contributed by atoms with Crippen LogP contribution in [-0.4, -0.2) is 47.9 Å². The Hall–Kier alpha value is -3.85. The Labute approximate surface area is 219 Å². The zero-order valence-corrected chi connectivity index (χ0v) is 21.5. The molecule has 4 rings (SSSR count). The highest BCUT2D eigenvalue weighted by atomic mass is 32.2. The van der Waals surface area contributed by atoms with E-state index < -0.39 is 5.25 Å². The minimum atomic E-state index is -0.621. The molecule has 1 atom stereocenters. The van der Waals surface area contributed by atoms with Crippen molar-refractivity contribution in [2.45, 2.75) is 24.6 Å². The van der Waals surface area contributed by atoms with Gasteiger partial charge in [0.2, 0.25) is 11.8 Å². The highest BCUT2D eigenvalue weighted by Crippen LogP contribution is 2.32. The fourth-order valence-corrected chi connectivity index (χ4v) is 5.00. The zero-order chi connectivity index (χ0) is 26.2. The van der Waals surface area contributed by atoms with E-state index in [1.807, 2.05) is 36.4 Å². The SMILES string of the molecule is COc1ccc(CN2C(=O)CC(C(=O)NCCc3ccccc3)SC2=Nc2ccc(F)cc2)cc1OC. The van der Waals surface area contributed by atoms with Crippen LogP contribution in [0.5, 0.6) is 11.5 Å². The van der Waals surface area contributed by atoms with E-state index in [0.717, 1.165) is 11.1 Å². The Morgan fingerprint density at radius 2 is 1.76 bits per heavy atom. The Bertz CT molecular complexity index is 1270. The maximum Gasteiger partial charge on any atom is 0.234 e. The van der Waals surface area contributed by atoms with E-state index in [1.54, 1.807) is 31.3 Å². The molecule has 1 N–H and O–H groups in total. The minimum Gasteiger partial charge on any atom is -0.493 e. The number of nitrogens with one attached hydrogen (secondary N) is 1. The fourth-order valence-electron chi connectivity index (χ4n) is 3.87. The van der Waals surface area contributed by atoms with Gasteiger partial charge in [0, 0.05) is 13.0 Å². The molecular formula is C28H28FN3O4S. The largest absolute Gasteiger partial charge is 0.493 e. The van der Waals surface area contributed by atoms with Gasteiger partial charge in [0.25, 0.3) is 0 Å². The van der Waals surface area contributed by atoms with Gasteiger partial charge in [0.05, 0.1) is 31.7 Å². The monoisotopic (exact) mass is 521 g/mol. The lowest BCUT2D eigenvalue weighted by Gasteiger charge is -2.32. The summed E-state index contributed by atoms with van der Waals surface area (Å²) in [5.74, 6) is 0.307. The molecule has 1 saturated heterocycles. The number of amides is 2. The van der Waals surface area contributed by atoms with Crippen LogP contribution in [0.1, 0.15) is 17.5 Å². The molecule has 1 fully saturated rings. The first kappa shape index (κ1) is 26.2.